The second kappa shape index (κ2) is 7.49. The van der Waals surface area contributed by atoms with Crippen LogP contribution in [0.2, 0.25) is 0 Å². The number of hydrogen-bond acceptors (Lipinski definition) is 3. The van der Waals surface area contributed by atoms with Gasteiger partial charge < -0.3 is 5.32 Å². The summed E-state index contributed by atoms with van der Waals surface area (Å²) in [6.45, 7) is 3.50. The monoisotopic (exact) mass is 326 g/mol. The molecule has 0 saturated heterocycles. The molecule has 1 amide bonds. The van der Waals surface area contributed by atoms with Crippen molar-refractivity contribution in [2.24, 2.45) is 5.92 Å². The van der Waals surface area contributed by atoms with Crippen LogP contribution in [0, 0.1) is 5.92 Å². The fourth-order valence-corrected chi connectivity index (χ4v) is 4.39. The van der Waals surface area contributed by atoms with E-state index in [2.05, 4.69) is 5.32 Å². The number of carbonyl (C=O) groups excluding carboxylic acids is 1. The average Bonchev–Trinajstić information content (AvgIpc) is 2.38. The Morgan fingerprint density at radius 2 is 2.00 bits per heavy atom. The molecule has 0 heterocycles. The molecule has 5 nitrogen and oxygen atoms in total. The van der Waals surface area contributed by atoms with Crippen molar-refractivity contribution < 1.29 is 22.0 Å². The lowest BCUT2D eigenvalue weighted by molar-refractivity contribution is -0.121. The highest BCUT2D eigenvalue weighted by Gasteiger charge is 2.44. The van der Waals surface area contributed by atoms with Gasteiger partial charge in [0.15, 0.2) is 0 Å². The van der Waals surface area contributed by atoms with Crippen molar-refractivity contribution in [3.8, 4) is 0 Å². The summed E-state index contributed by atoms with van der Waals surface area (Å²) in [5.41, 5.74) is 0. The first-order chi connectivity index (χ1) is 9.73. The Balaban J connectivity index is 2.75. The smallest absolute Gasteiger partial charge is 0.251 e. The third-order valence-electron chi connectivity index (χ3n) is 3.76. The van der Waals surface area contributed by atoms with Gasteiger partial charge in [0.05, 0.1) is 12.3 Å². The van der Waals surface area contributed by atoms with Crippen LogP contribution < -0.4 is 5.32 Å². The molecule has 0 aromatic carbocycles. The fraction of sp³-hybridized carbons (Fsp3) is 0.923. The normalized spacial score (nSPS) is 22.2. The summed E-state index contributed by atoms with van der Waals surface area (Å²) in [7, 11) is -3.86. The van der Waals surface area contributed by atoms with Crippen molar-refractivity contribution in [2.75, 3.05) is 25.4 Å². The van der Waals surface area contributed by atoms with Crippen LogP contribution in [0.1, 0.15) is 39.5 Å². The summed E-state index contributed by atoms with van der Waals surface area (Å²) in [5.74, 6) is -5.10. The maximum Gasteiger partial charge on any atom is 0.251 e. The van der Waals surface area contributed by atoms with Crippen LogP contribution in [0.5, 0.6) is 0 Å². The van der Waals surface area contributed by atoms with Gasteiger partial charge in [-0.2, -0.15) is 4.31 Å². The van der Waals surface area contributed by atoms with Crippen LogP contribution >= 0.6 is 0 Å². The van der Waals surface area contributed by atoms with E-state index in [-0.39, 0.29) is 25.9 Å². The van der Waals surface area contributed by atoms with Crippen molar-refractivity contribution in [3.05, 3.63) is 0 Å². The Bertz CT molecular complexity index is 454. The van der Waals surface area contributed by atoms with E-state index in [9.17, 15) is 22.0 Å². The standard InChI is InChI=1S/C13H24F2N2O3S/c1-3-16-12(18)9-17(4-2)21(19,20)10-11-7-5-6-8-13(11,14)15/h11H,3-10H2,1-2H3,(H,16,18). The lowest BCUT2D eigenvalue weighted by atomic mass is 9.87. The first kappa shape index (κ1) is 18.3. The molecule has 1 aliphatic rings. The molecule has 1 atom stereocenters. The Labute approximate surface area is 125 Å². The molecule has 0 bridgehead atoms. The lowest BCUT2D eigenvalue weighted by Crippen LogP contribution is -2.45. The summed E-state index contributed by atoms with van der Waals surface area (Å²) in [5, 5.41) is 2.51. The minimum Gasteiger partial charge on any atom is -0.355 e. The molecule has 0 aliphatic heterocycles. The van der Waals surface area contributed by atoms with Crippen LogP contribution in [0.25, 0.3) is 0 Å². The maximum atomic E-state index is 13.8. The van der Waals surface area contributed by atoms with E-state index >= 15 is 0 Å². The fourth-order valence-electron chi connectivity index (χ4n) is 2.55. The molecule has 0 aromatic heterocycles. The van der Waals surface area contributed by atoms with Crippen LogP contribution in [-0.4, -0.2) is 49.9 Å². The van der Waals surface area contributed by atoms with Crippen molar-refractivity contribution in [2.45, 2.75) is 45.5 Å². The number of sulfonamides is 1. The molecule has 21 heavy (non-hydrogen) atoms. The van der Waals surface area contributed by atoms with E-state index in [4.69, 9.17) is 0 Å². The van der Waals surface area contributed by atoms with Gasteiger partial charge in [0.2, 0.25) is 15.9 Å². The summed E-state index contributed by atoms with van der Waals surface area (Å²) < 4.78 is 53.1. The van der Waals surface area contributed by atoms with Crippen molar-refractivity contribution >= 4 is 15.9 Å². The number of likely N-dealkylation sites (N-methyl/N-ethyl adjacent to an activating group) is 2. The first-order valence-electron chi connectivity index (χ1n) is 7.35. The zero-order valence-corrected chi connectivity index (χ0v) is 13.4. The summed E-state index contributed by atoms with van der Waals surface area (Å²) in [6.07, 6.45) is 1.01. The van der Waals surface area contributed by atoms with E-state index in [1.54, 1.807) is 13.8 Å². The number of alkyl halides is 2. The first-order valence-corrected chi connectivity index (χ1v) is 8.96. The number of rotatable bonds is 7. The van der Waals surface area contributed by atoms with Gasteiger partial charge in [-0.1, -0.05) is 13.3 Å². The number of nitrogens with one attached hydrogen (secondary N) is 1. The Kier molecular flexibility index (Phi) is 6.52. The Morgan fingerprint density at radius 3 is 2.52 bits per heavy atom. The van der Waals surface area contributed by atoms with E-state index in [1.165, 1.54) is 0 Å². The highest BCUT2D eigenvalue weighted by molar-refractivity contribution is 7.89. The van der Waals surface area contributed by atoms with Gasteiger partial charge in [-0.25, -0.2) is 17.2 Å². The van der Waals surface area contributed by atoms with Crippen molar-refractivity contribution in [3.63, 3.8) is 0 Å². The summed E-state index contributed by atoms with van der Waals surface area (Å²) >= 11 is 0. The summed E-state index contributed by atoms with van der Waals surface area (Å²) in [6, 6.07) is 0. The predicted octanol–water partition coefficient (Wildman–Crippen LogP) is 1.60. The third kappa shape index (κ3) is 5.18. The molecule has 1 aliphatic carbocycles. The molecular weight excluding hydrogens is 302 g/mol. The summed E-state index contributed by atoms with van der Waals surface area (Å²) in [4.78, 5) is 11.5. The van der Waals surface area contributed by atoms with Crippen LogP contribution in [0.15, 0.2) is 0 Å². The molecule has 1 unspecified atom stereocenters. The predicted molar refractivity (Wildman–Crippen MR) is 76.6 cm³/mol. The molecule has 1 rings (SSSR count). The number of hydrogen-bond donors (Lipinski definition) is 1. The Morgan fingerprint density at radius 1 is 1.33 bits per heavy atom. The molecule has 0 aromatic rings. The molecule has 1 fully saturated rings. The van der Waals surface area contributed by atoms with Crippen LogP contribution in [-0.2, 0) is 14.8 Å². The van der Waals surface area contributed by atoms with Gasteiger partial charge in [-0.3, -0.25) is 4.79 Å². The average molecular weight is 326 g/mol. The number of nitrogens with zero attached hydrogens (tertiary/aromatic N) is 1. The van der Waals surface area contributed by atoms with E-state index in [0.29, 0.717) is 19.4 Å². The van der Waals surface area contributed by atoms with E-state index < -0.39 is 33.5 Å². The molecule has 1 saturated carbocycles. The highest BCUT2D eigenvalue weighted by Crippen LogP contribution is 2.39. The van der Waals surface area contributed by atoms with Crippen LogP contribution in [0.3, 0.4) is 0 Å². The molecule has 0 radical (unpaired) electrons. The van der Waals surface area contributed by atoms with Crippen molar-refractivity contribution in [1.29, 1.82) is 0 Å². The third-order valence-corrected chi connectivity index (χ3v) is 5.76. The minimum absolute atomic E-state index is 0.0950. The largest absolute Gasteiger partial charge is 0.355 e. The maximum absolute atomic E-state index is 13.8. The van der Waals surface area contributed by atoms with E-state index in [0.717, 1.165) is 4.31 Å². The lowest BCUT2D eigenvalue weighted by Gasteiger charge is -2.32. The van der Waals surface area contributed by atoms with E-state index in [1.807, 2.05) is 0 Å². The van der Waals surface area contributed by atoms with Crippen LogP contribution in [0.4, 0.5) is 8.78 Å². The SMILES string of the molecule is CCNC(=O)CN(CC)S(=O)(=O)CC1CCCCC1(F)F. The Hall–Kier alpha value is -0.760. The van der Waals surface area contributed by atoms with Gasteiger partial charge in [0.1, 0.15) is 0 Å². The minimum atomic E-state index is -3.86. The van der Waals surface area contributed by atoms with Gasteiger partial charge in [-0.15, -0.1) is 0 Å². The van der Waals surface area contributed by atoms with Gasteiger partial charge in [-0.05, 0) is 19.8 Å². The topological polar surface area (TPSA) is 66.5 Å². The van der Waals surface area contributed by atoms with Gasteiger partial charge in [0, 0.05) is 25.4 Å². The molecule has 124 valence electrons. The number of carbonyl (C=O) groups is 1. The van der Waals surface area contributed by atoms with Gasteiger partial charge >= 0.3 is 0 Å². The zero-order valence-electron chi connectivity index (χ0n) is 12.6. The number of halogens is 2. The molecule has 1 N–H and O–H groups in total. The quantitative estimate of drug-likeness (QED) is 0.773. The second-order valence-corrected chi connectivity index (χ2v) is 7.38. The van der Waals surface area contributed by atoms with Crippen molar-refractivity contribution in [1.82, 2.24) is 9.62 Å². The highest BCUT2D eigenvalue weighted by atomic mass is 32.2. The second-order valence-electron chi connectivity index (χ2n) is 5.36. The van der Waals surface area contributed by atoms with Gasteiger partial charge in [0.25, 0.3) is 5.92 Å². The molecular formula is C13H24F2N2O3S. The molecule has 0 spiro atoms. The molecule has 8 heteroatoms. The zero-order chi connectivity index (χ0) is 16.1. The number of amides is 1.